The van der Waals surface area contributed by atoms with Crippen molar-refractivity contribution < 1.29 is 8.42 Å². The molecule has 1 rings (SSSR count). The lowest BCUT2D eigenvalue weighted by Gasteiger charge is -2.15. The highest BCUT2D eigenvalue weighted by molar-refractivity contribution is 7.92. The molecule has 76 valence electrons. The number of nitrogens with two attached hydrogens (primary N) is 1. The van der Waals surface area contributed by atoms with E-state index in [4.69, 9.17) is 5.73 Å². The minimum absolute atomic E-state index is 0.0302. The summed E-state index contributed by atoms with van der Waals surface area (Å²) in [6.07, 6.45) is 2.26. The van der Waals surface area contributed by atoms with Crippen molar-refractivity contribution in [3.63, 3.8) is 0 Å². The third kappa shape index (κ3) is 3.58. The topological polar surface area (TPSA) is 63.4 Å². The summed E-state index contributed by atoms with van der Waals surface area (Å²) < 4.78 is 24.3. The van der Waals surface area contributed by atoms with Crippen LogP contribution in [0.3, 0.4) is 0 Å². The number of nitrogens with zero attached hydrogens (tertiary/aromatic N) is 1. The second-order valence-corrected chi connectivity index (χ2v) is 6.05. The van der Waals surface area contributed by atoms with Crippen molar-refractivity contribution in [3.05, 3.63) is 0 Å². The molecule has 2 N–H and O–H groups in total. The van der Waals surface area contributed by atoms with Crippen molar-refractivity contribution in [1.29, 1.82) is 0 Å². The zero-order valence-electron chi connectivity index (χ0n) is 7.56. The van der Waals surface area contributed by atoms with Crippen LogP contribution in [-0.4, -0.2) is 37.1 Å². The van der Waals surface area contributed by atoms with E-state index in [2.05, 4.69) is 12.2 Å². The molecule has 0 spiro atoms. The summed E-state index contributed by atoms with van der Waals surface area (Å²) >= 11 is 4.56. The van der Waals surface area contributed by atoms with Crippen molar-refractivity contribution in [3.8, 4) is 0 Å². The van der Waals surface area contributed by atoms with Crippen molar-refractivity contribution in [2.75, 3.05) is 19.3 Å². The van der Waals surface area contributed by atoms with E-state index in [1.165, 1.54) is 4.31 Å². The molecule has 0 saturated heterocycles. The monoisotopic (exact) mass is 222 g/mol. The SMILES string of the molecule is CN(CC1CC1)S(=O)(=O)CC(N)=S. The molecule has 0 bridgehead atoms. The molecule has 0 radical (unpaired) electrons. The molecule has 0 aromatic rings. The van der Waals surface area contributed by atoms with Gasteiger partial charge in [-0.15, -0.1) is 0 Å². The summed E-state index contributed by atoms with van der Waals surface area (Å²) in [6, 6.07) is 0. The lowest BCUT2D eigenvalue weighted by atomic mass is 10.4. The fourth-order valence-electron chi connectivity index (χ4n) is 1.07. The maximum Gasteiger partial charge on any atom is 0.220 e. The Hall–Kier alpha value is -0.200. The van der Waals surface area contributed by atoms with Gasteiger partial charge in [0.05, 0.1) is 4.99 Å². The summed E-state index contributed by atoms with van der Waals surface area (Å²) in [5.74, 6) is 0.331. The first kappa shape index (κ1) is 10.9. The maximum absolute atomic E-state index is 11.5. The average Bonchev–Trinajstić information content (AvgIpc) is 2.68. The lowest BCUT2D eigenvalue weighted by Crippen LogP contribution is -2.35. The molecule has 1 fully saturated rings. The summed E-state index contributed by atoms with van der Waals surface area (Å²) in [5.41, 5.74) is 5.19. The molecule has 0 atom stereocenters. The van der Waals surface area contributed by atoms with Gasteiger partial charge in [-0.05, 0) is 18.8 Å². The van der Waals surface area contributed by atoms with Gasteiger partial charge in [0.25, 0.3) is 0 Å². The van der Waals surface area contributed by atoms with E-state index < -0.39 is 10.0 Å². The fraction of sp³-hybridized carbons (Fsp3) is 0.857. The number of thiocarbonyl (C=S) groups is 1. The molecule has 1 saturated carbocycles. The van der Waals surface area contributed by atoms with E-state index in [0.717, 1.165) is 12.8 Å². The van der Waals surface area contributed by atoms with Gasteiger partial charge in [0.15, 0.2) is 0 Å². The van der Waals surface area contributed by atoms with Crippen LogP contribution in [0.2, 0.25) is 0 Å². The molecule has 0 aliphatic heterocycles. The highest BCUT2D eigenvalue weighted by Crippen LogP contribution is 2.29. The van der Waals surface area contributed by atoms with Crippen LogP contribution in [0.15, 0.2) is 0 Å². The average molecular weight is 222 g/mol. The summed E-state index contributed by atoms with van der Waals surface area (Å²) in [4.78, 5) is 0.0302. The smallest absolute Gasteiger partial charge is 0.220 e. The normalized spacial score (nSPS) is 17.7. The van der Waals surface area contributed by atoms with Crippen LogP contribution < -0.4 is 5.73 Å². The molecule has 6 heteroatoms. The van der Waals surface area contributed by atoms with Gasteiger partial charge in [-0.1, -0.05) is 12.2 Å². The van der Waals surface area contributed by atoms with Crippen LogP contribution >= 0.6 is 12.2 Å². The van der Waals surface area contributed by atoms with Crippen LogP contribution in [0.1, 0.15) is 12.8 Å². The van der Waals surface area contributed by atoms with Crippen molar-refractivity contribution in [2.45, 2.75) is 12.8 Å². The van der Waals surface area contributed by atoms with E-state index in [0.29, 0.717) is 12.5 Å². The fourth-order valence-corrected chi connectivity index (χ4v) is 2.53. The van der Waals surface area contributed by atoms with Gasteiger partial charge < -0.3 is 5.73 Å². The van der Waals surface area contributed by atoms with Gasteiger partial charge in [-0.2, -0.15) is 0 Å². The summed E-state index contributed by atoms with van der Waals surface area (Å²) in [7, 11) is -1.67. The zero-order chi connectivity index (χ0) is 10.1. The van der Waals surface area contributed by atoms with E-state index in [1.807, 2.05) is 0 Å². The molecule has 13 heavy (non-hydrogen) atoms. The second-order valence-electron chi connectivity index (χ2n) is 3.45. The Morgan fingerprint density at radius 1 is 1.62 bits per heavy atom. The second kappa shape index (κ2) is 3.89. The molecular weight excluding hydrogens is 208 g/mol. The van der Waals surface area contributed by atoms with Crippen LogP contribution in [0.5, 0.6) is 0 Å². The first-order valence-electron chi connectivity index (χ1n) is 4.14. The predicted octanol–water partition coefficient (Wildman–Crippen LogP) is -0.0559. The molecule has 0 heterocycles. The molecule has 0 aromatic heterocycles. The van der Waals surface area contributed by atoms with E-state index >= 15 is 0 Å². The standard InChI is InChI=1S/C7H14N2O2S2/c1-9(4-6-2-3-6)13(10,11)5-7(8)12/h6H,2-5H2,1H3,(H2,8,12). The molecule has 0 unspecified atom stereocenters. The van der Waals surface area contributed by atoms with Gasteiger partial charge in [0.1, 0.15) is 5.75 Å². The van der Waals surface area contributed by atoms with Crippen LogP contribution in [0.4, 0.5) is 0 Å². The Balaban J connectivity index is 2.50. The van der Waals surface area contributed by atoms with Crippen LogP contribution in [0.25, 0.3) is 0 Å². The third-order valence-electron chi connectivity index (χ3n) is 2.01. The Labute approximate surface area is 84.1 Å². The summed E-state index contributed by atoms with van der Waals surface area (Å²) in [5, 5.41) is 0. The number of sulfonamides is 1. The quantitative estimate of drug-likeness (QED) is 0.662. The number of hydrogen-bond donors (Lipinski definition) is 1. The molecular formula is C7H14N2O2S2. The Morgan fingerprint density at radius 2 is 2.15 bits per heavy atom. The highest BCUT2D eigenvalue weighted by Gasteiger charge is 2.28. The molecule has 1 aliphatic rings. The first-order valence-corrected chi connectivity index (χ1v) is 6.16. The molecule has 4 nitrogen and oxygen atoms in total. The van der Waals surface area contributed by atoms with Crippen molar-refractivity contribution >= 4 is 27.2 Å². The van der Waals surface area contributed by atoms with Crippen molar-refractivity contribution in [1.82, 2.24) is 4.31 Å². The van der Waals surface area contributed by atoms with Crippen molar-refractivity contribution in [2.24, 2.45) is 11.7 Å². The van der Waals surface area contributed by atoms with Gasteiger partial charge in [0.2, 0.25) is 10.0 Å². The van der Waals surface area contributed by atoms with Crippen LogP contribution in [0, 0.1) is 5.92 Å². The largest absolute Gasteiger partial charge is 0.392 e. The Morgan fingerprint density at radius 3 is 2.54 bits per heavy atom. The van der Waals surface area contributed by atoms with Gasteiger partial charge in [0, 0.05) is 13.6 Å². The van der Waals surface area contributed by atoms with Gasteiger partial charge in [-0.3, -0.25) is 0 Å². The molecule has 0 amide bonds. The summed E-state index contributed by atoms with van der Waals surface area (Å²) in [6.45, 7) is 0.602. The lowest BCUT2D eigenvalue weighted by molar-refractivity contribution is 0.456. The Bertz CT molecular complexity index is 296. The van der Waals surface area contributed by atoms with E-state index in [9.17, 15) is 8.42 Å². The Kier molecular flexibility index (Phi) is 3.26. The van der Waals surface area contributed by atoms with Gasteiger partial charge >= 0.3 is 0 Å². The van der Waals surface area contributed by atoms with Gasteiger partial charge in [-0.25, -0.2) is 12.7 Å². The predicted molar refractivity (Wildman–Crippen MR) is 55.9 cm³/mol. The van der Waals surface area contributed by atoms with E-state index in [-0.39, 0.29) is 10.7 Å². The maximum atomic E-state index is 11.5. The third-order valence-corrected chi connectivity index (χ3v) is 4.11. The minimum Gasteiger partial charge on any atom is -0.392 e. The highest BCUT2D eigenvalue weighted by atomic mass is 32.2. The minimum atomic E-state index is -3.25. The number of rotatable bonds is 5. The first-order chi connectivity index (χ1) is 5.92. The molecule has 1 aliphatic carbocycles. The van der Waals surface area contributed by atoms with E-state index in [1.54, 1.807) is 7.05 Å². The zero-order valence-corrected chi connectivity index (χ0v) is 9.20. The van der Waals surface area contributed by atoms with Crippen LogP contribution in [-0.2, 0) is 10.0 Å². The number of hydrogen-bond acceptors (Lipinski definition) is 3. The molecule has 0 aromatic carbocycles.